The maximum atomic E-state index is 10.4. The quantitative estimate of drug-likeness (QED) is 0.272. The molecule has 0 aromatic rings. The van der Waals surface area contributed by atoms with Crippen LogP contribution in [0, 0.1) is 0 Å². The highest BCUT2D eigenvalue weighted by molar-refractivity contribution is 6.63. The summed E-state index contributed by atoms with van der Waals surface area (Å²) in [5.41, 5.74) is 0. The number of isocyanates is 1. The standard InChI is InChI=1S/C10H16ClNO2/c1-2-5-9(12-8-13)6-3-4-7-10(11)14/h9H,2-7H2,1H3. The fourth-order valence-electron chi connectivity index (χ4n) is 1.33. The number of unbranched alkanes of at least 4 members (excludes halogenated alkanes) is 1. The van der Waals surface area contributed by atoms with E-state index < -0.39 is 0 Å². The van der Waals surface area contributed by atoms with E-state index in [4.69, 9.17) is 11.6 Å². The van der Waals surface area contributed by atoms with Gasteiger partial charge >= 0.3 is 0 Å². The van der Waals surface area contributed by atoms with Crippen molar-refractivity contribution in [3.63, 3.8) is 0 Å². The van der Waals surface area contributed by atoms with Gasteiger partial charge in [0.25, 0.3) is 0 Å². The van der Waals surface area contributed by atoms with Crippen LogP contribution in [0.25, 0.3) is 0 Å². The van der Waals surface area contributed by atoms with Crippen LogP contribution in [-0.2, 0) is 9.59 Å². The molecule has 0 spiro atoms. The van der Waals surface area contributed by atoms with E-state index >= 15 is 0 Å². The third-order valence-corrected chi connectivity index (χ3v) is 2.21. The molecule has 0 N–H and O–H groups in total. The molecule has 0 aliphatic heterocycles. The lowest BCUT2D eigenvalue weighted by atomic mass is 10.1. The van der Waals surface area contributed by atoms with Gasteiger partial charge in [-0.2, -0.15) is 0 Å². The monoisotopic (exact) mass is 217 g/mol. The highest BCUT2D eigenvalue weighted by Gasteiger charge is 2.05. The molecule has 3 nitrogen and oxygen atoms in total. The summed E-state index contributed by atoms with van der Waals surface area (Å²) < 4.78 is 0. The van der Waals surface area contributed by atoms with Crippen LogP contribution >= 0.6 is 11.6 Å². The van der Waals surface area contributed by atoms with Gasteiger partial charge in [0.15, 0.2) is 0 Å². The van der Waals surface area contributed by atoms with Gasteiger partial charge in [0.05, 0.1) is 6.04 Å². The van der Waals surface area contributed by atoms with E-state index in [1.165, 1.54) is 0 Å². The highest BCUT2D eigenvalue weighted by atomic mass is 35.5. The smallest absolute Gasteiger partial charge is 0.235 e. The van der Waals surface area contributed by atoms with Crippen molar-refractivity contribution in [2.75, 3.05) is 0 Å². The second-order valence-corrected chi connectivity index (χ2v) is 3.69. The molecule has 0 aromatic carbocycles. The summed E-state index contributed by atoms with van der Waals surface area (Å²) in [6.07, 6.45) is 6.40. The number of halogens is 1. The van der Waals surface area contributed by atoms with Crippen LogP contribution in [0.5, 0.6) is 0 Å². The molecule has 4 heteroatoms. The van der Waals surface area contributed by atoms with Crippen molar-refractivity contribution in [2.45, 2.75) is 51.5 Å². The Hall–Kier alpha value is -0.660. The third-order valence-electron chi connectivity index (χ3n) is 2.02. The molecule has 14 heavy (non-hydrogen) atoms. The molecule has 0 heterocycles. The minimum Gasteiger partial charge on any atom is -0.281 e. The van der Waals surface area contributed by atoms with Crippen LogP contribution in [0.1, 0.15) is 45.4 Å². The second-order valence-electron chi connectivity index (χ2n) is 3.26. The van der Waals surface area contributed by atoms with Gasteiger partial charge in [0, 0.05) is 6.42 Å². The van der Waals surface area contributed by atoms with E-state index in [2.05, 4.69) is 11.9 Å². The predicted octanol–water partition coefficient (Wildman–Crippen LogP) is 2.82. The molecule has 0 radical (unpaired) electrons. The topological polar surface area (TPSA) is 46.5 Å². The molecule has 0 amide bonds. The van der Waals surface area contributed by atoms with Crippen LogP contribution in [-0.4, -0.2) is 17.4 Å². The van der Waals surface area contributed by atoms with Crippen molar-refractivity contribution < 1.29 is 9.59 Å². The summed E-state index contributed by atoms with van der Waals surface area (Å²) in [5.74, 6) is 0. The molecular weight excluding hydrogens is 202 g/mol. The first-order valence-electron chi connectivity index (χ1n) is 4.96. The lowest BCUT2D eigenvalue weighted by Crippen LogP contribution is -2.03. The first-order chi connectivity index (χ1) is 6.70. The van der Waals surface area contributed by atoms with Gasteiger partial charge in [-0.25, -0.2) is 9.79 Å². The predicted molar refractivity (Wildman–Crippen MR) is 56.1 cm³/mol. The lowest BCUT2D eigenvalue weighted by molar-refractivity contribution is -0.111. The molecule has 0 saturated heterocycles. The molecule has 1 atom stereocenters. The molecule has 0 fully saturated rings. The third kappa shape index (κ3) is 7.96. The molecule has 0 aliphatic carbocycles. The maximum Gasteiger partial charge on any atom is 0.235 e. The number of carbonyl (C=O) groups is 1. The maximum absolute atomic E-state index is 10.4. The number of carbonyl (C=O) groups excluding carboxylic acids is 2. The van der Waals surface area contributed by atoms with Crippen molar-refractivity contribution in [2.24, 2.45) is 4.99 Å². The highest BCUT2D eigenvalue weighted by Crippen LogP contribution is 2.11. The second kappa shape index (κ2) is 8.92. The zero-order valence-corrected chi connectivity index (χ0v) is 9.22. The van der Waals surface area contributed by atoms with Crippen molar-refractivity contribution >= 4 is 22.9 Å². The zero-order chi connectivity index (χ0) is 10.8. The van der Waals surface area contributed by atoms with Crippen LogP contribution in [0.2, 0.25) is 0 Å². The van der Waals surface area contributed by atoms with Crippen molar-refractivity contribution in [1.82, 2.24) is 0 Å². The fraction of sp³-hybridized carbons (Fsp3) is 0.800. The van der Waals surface area contributed by atoms with E-state index in [-0.39, 0.29) is 11.3 Å². The summed E-state index contributed by atoms with van der Waals surface area (Å²) in [5, 5.41) is -0.295. The van der Waals surface area contributed by atoms with Gasteiger partial charge in [-0.1, -0.05) is 19.8 Å². The van der Waals surface area contributed by atoms with Crippen LogP contribution in [0.3, 0.4) is 0 Å². The summed E-state index contributed by atoms with van der Waals surface area (Å²) in [7, 11) is 0. The molecule has 1 unspecified atom stereocenters. The average Bonchev–Trinajstić information content (AvgIpc) is 2.12. The van der Waals surface area contributed by atoms with Crippen LogP contribution < -0.4 is 0 Å². The molecule has 0 aliphatic rings. The van der Waals surface area contributed by atoms with Crippen LogP contribution in [0.15, 0.2) is 4.99 Å². The van der Waals surface area contributed by atoms with Gasteiger partial charge in [-0.3, -0.25) is 4.79 Å². The molecule has 0 aromatic heterocycles. The fourth-order valence-corrected chi connectivity index (χ4v) is 1.46. The van der Waals surface area contributed by atoms with Crippen LogP contribution in [0.4, 0.5) is 0 Å². The normalized spacial score (nSPS) is 11.9. The summed E-state index contributed by atoms with van der Waals surface area (Å²) >= 11 is 5.19. The molecule has 0 saturated carbocycles. The molecular formula is C10H16ClNO2. The van der Waals surface area contributed by atoms with Gasteiger partial charge in [0.1, 0.15) is 0 Å². The van der Waals surface area contributed by atoms with Crippen molar-refractivity contribution in [3.8, 4) is 0 Å². The first kappa shape index (κ1) is 13.3. The molecule has 0 bridgehead atoms. The van der Waals surface area contributed by atoms with Gasteiger partial charge in [0.2, 0.25) is 11.3 Å². The van der Waals surface area contributed by atoms with Gasteiger partial charge in [-0.15, -0.1) is 0 Å². The Morgan fingerprint density at radius 1 is 1.43 bits per heavy atom. The number of hydrogen-bond donors (Lipinski definition) is 0. The Morgan fingerprint density at radius 3 is 2.64 bits per heavy atom. The Morgan fingerprint density at radius 2 is 2.14 bits per heavy atom. The Bertz CT molecular complexity index is 212. The van der Waals surface area contributed by atoms with E-state index in [0.29, 0.717) is 6.42 Å². The summed E-state index contributed by atoms with van der Waals surface area (Å²) in [4.78, 5) is 24.2. The van der Waals surface area contributed by atoms with E-state index in [1.807, 2.05) is 0 Å². The van der Waals surface area contributed by atoms with E-state index in [9.17, 15) is 9.59 Å². The minimum absolute atomic E-state index is 0.0722. The number of nitrogens with zero attached hydrogens (tertiary/aromatic N) is 1. The Balaban J connectivity index is 3.60. The van der Waals surface area contributed by atoms with Crippen molar-refractivity contribution in [1.29, 1.82) is 0 Å². The summed E-state index contributed by atoms with van der Waals surface area (Å²) in [6, 6.07) is 0.0722. The number of aliphatic imine (C=N–C) groups is 1. The number of rotatable bonds is 8. The van der Waals surface area contributed by atoms with Crippen molar-refractivity contribution in [3.05, 3.63) is 0 Å². The van der Waals surface area contributed by atoms with E-state index in [0.717, 1.165) is 32.1 Å². The molecule has 80 valence electrons. The average molecular weight is 218 g/mol. The van der Waals surface area contributed by atoms with Gasteiger partial charge in [-0.05, 0) is 30.9 Å². The van der Waals surface area contributed by atoms with E-state index in [1.54, 1.807) is 6.08 Å². The summed E-state index contributed by atoms with van der Waals surface area (Å²) in [6.45, 7) is 2.05. The lowest BCUT2D eigenvalue weighted by Gasteiger charge is -2.07. The minimum atomic E-state index is -0.295. The first-order valence-corrected chi connectivity index (χ1v) is 5.33. The largest absolute Gasteiger partial charge is 0.281 e. The molecule has 0 rings (SSSR count). The van der Waals surface area contributed by atoms with Gasteiger partial charge < -0.3 is 0 Å². The Kier molecular flexibility index (Phi) is 8.50. The Labute approximate surface area is 89.5 Å². The SMILES string of the molecule is CCCC(CCCCC(=O)Cl)N=C=O. The zero-order valence-electron chi connectivity index (χ0n) is 8.46. The number of hydrogen-bond acceptors (Lipinski definition) is 3.